The van der Waals surface area contributed by atoms with Crippen LogP contribution < -0.4 is 25.7 Å². The van der Waals surface area contributed by atoms with Gasteiger partial charge in [0.15, 0.2) is 11.5 Å². The zero-order chi connectivity index (χ0) is 24.4. The van der Waals surface area contributed by atoms with Gasteiger partial charge in [-0.2, -0.15) is 0 Å². The monoisotopic (exact) mass is 485 g/mol. The van der Waals surface area contributed by atoms with Crippen molar-refractivity contribution in [3.05, 3.63) is 56.9 Å². The molecule has 180 valence electrons. The van der Waals surface area contributed by atoms with Crippen LogP contribution in [0, 0.1) is 6.92 Å². The molecule has 4 rings (SSSR count). The number of anilines is 2. The average Bonchev–Trinajstić information content (AvgIpc) is 3.22. The summed E-state index contributed by atoms with van der Waals surface area (Å²) in [5, 5.41) is 7.10. The third-order valence-corrected chi connectivity index (χ3v) is 6.01. The second-order valence-corrected chi connectivity index (χ2v) is 9.03. The highest BCUT2D eigenvalue weighted by Crippen LogP contribution is 2.37. The van der Waals surface area contributed by atoms with Gasteiger partial charge in [0.05, 0.1) is 13.7 Å². The number of methoxy groups -OCH3 is 1. The van der Waals surface area contributed by atoms with Crippen LogP contribution in [0.25, 0.3) is 11.0 Å². The van der Waals surface area contributed by atoms with Crippen LogP contribution in [0.5, 0.6) is 11.5 Å². The van der Waals surface area contributed by atoms with Crippen LogP contribution in [-0.4, -0.2) is 51.2 Å². The number of ether oxygens (including phenoxy) is 2. The van der Waals surface area contributed by atoms with Gasteiger partial charge < -0.3 is 29.4 Å². The molecule has 0 saturated heterocycles. The molecule has 34 heavy (non-hydrogen) atoms. The summed E-state index contributed by atoms with van der Waals surface area (Å²) in [6.07, 6.45) is 1.32. The number of nitrogens with zero attached hydrogens (tertiary/aromatic N) is 1. The fourth-order valence-electron chi connectivity index (χ4n) is 4.06. The van der Waals surface area contributed by atoms with E-state index in [4.69, 9.17) is 25.5 Å². The van der Waals surface area contributed by atoms with Gasteiger partial charge in [0.1, 0.15) is 17.3 Å². The fraction of sp³-hybridized carbons (Fsp3) is 0.360. The van der Waals surface area contributed by atoms with Gasteiger partial charge >= 0.3 is 5.63 Å². The van der Waals surface area contributed by atoms with Gasteiger partial charge in [0.2, 0.25) is 5.91 Å². The smallest absolute Gasteiger partial charge is 0.360 e. The molecule has 1 aromatic heterocycles. The van der Waals surface area contributed by atoms with E-state index in [2.05, 4.69) is 15.5 Å². The molecule has 0 spiro atoms. The SMILES string of the molecule is COc1cc2cc(NC(=O)C3Cc4cc(Cl)ccc4N3)c(=O)oc2c(C)c1OCCCN(C)C. The van der Waals surface area contributed by atoms with Crippen LogP contribution in [0.4, 0.5) is 11.4 Å². The van der Waals surface area contributed by atoms with E-state index >= 15 is 0 Å². The Morgan fingerprint density at radius 3 is 2.82 bits per heavy atom. The number of carbonyl (C=O) groups excluding carboxylic acids is 1. The summed E-state index contributed by atoms with van der Waals surface area (Å²) >= 11 is 6.05. The first-order valence-electron chi connectivity index (χ1n) is 11.1. The average molecular weight is 486 g/mol. The van der Waals surface area contributed by atoms with E-state index < -0.39 is 11.7 Å². The molecular formula is C25H28ClN3O5. The van der Waals surface area contributed by atoms with E-state index in [-0.39, 0.29) is 11.6 Å². The van der Waals surface area contributed by atoms with Crippen molar-refractivity contribution in [3.8, 4) is 11.5 Å². The normalized spacial score (nSPS) is 14.7. The van der Waals surface area contributed by atoms with Gasteiger partial charge in [-0.15, -0.1) is 0 Å². The molecular weight excluding hydrogens is 458 g/mol. The number of hydrogen-bond donors (Lipinski definition) is 2. The van der Waals surface area contributed by atoms with Crippen molar-refractivity contribution in [2.75, 3.05) is 45.0 Å². The molecule has 8 nitrogen and oxygen atoms in total. The van der Waals surface area contributed by atoms with E-state index in [0.29, 0.717) is 46.1 Å². The molecule has 1 aliphatic heterocycles. The Kier molecular flexibility index (Phi) is 7.00. The Morgan fingerprint density at radius 1 is 1.29 bits per heavy atom. The van der Waals surface area contributed by atoms with Crippen molar-refractivity contribution < 1.29 is 18.7 Å². The highest BCUT2D eigenvalue weighted by atomic mass is 35.5. The van der Waals surface area contributed by atoms with Crippen LogP contribution in [0.1, 0.15) is 17.5 Å². The summed E-state index contributed by atoms with van der Waals surface area (Å²) in [7, 11) is 5.57. The molecule has 0 saturated carbocycles. The van der Waals surface area contributed by atoms with Crippen molar-refractivity contribution >= 4 is 39.9 Å². The van der Waals surface area contributed by atoms with Gasteiger partial charge in [-0.3, -0.25) is 4.79 Å². The molecule has 2 aromatic carbocycles. The molecule has 0 radical (unpaired) electrons. The van der Waals surface area contributed by atoms with Gasteiger partial charge in [-0.05, 0) is 63.3 Å². The first-order valence-corrected chi connectivity index (χ1v) is 11.4. The van der Waals surface area contributed by atoms with Crippen LogP contribution >= 0.6 is 11.6 Å². The Morgan fingerprint density at radius 2 is 2.09 bits per heavy atom. The molecule has 1 amide bonds. The maximum atomic E-state index is 12.9. The molecule has 2 N–H and O–H groups in total. The van der Waals surface area contributed by atoms with Crippen molar-refractivity contribution in [3.63, 3.8) is 0 Å². The van der Waals surface area contributed by atoms with Crippen molar-refractivity contribution in [1.82, 2.24) is 4.90 Å². The number of hydrogen-bond acceptors (Lipinski definition) is 7. The number of benzene rings is 2. The zero-order valence-corrected chi connectivity index (χ0v) is 20.4. The fourth-order valence-corrected chi connectivity index (χ4v) is 4.26. The lowest BCUT2D eigenvalue weighted by atomic mass is 10.1. The first-order chi connectivity index (χ1) is 16.3. The van der Waals surface area contributed by atoms with Crippen LogP contribution in [0.15, 0.2) is 39.5 Å². The van der Waals surface area contributed by atoms with E-state index in [1.54, 1.807) is 25.3 Å². The number of fused-ring (bicyclic) bond motifs is 2. The third-order valence-electron chi connectivity index (χ3n) is 5.78. The molecule has 1 aliphatic rings. The minimum atomic E-state index is -0.633. The summed E-state index contributed by atoms with van der Waals surface area (Å²) in [5.74, 6) is 0.745. The van der Waals surface area contributed by atoms with E-state index in [9.17, 15) is 9.59 Å². The zero-order valence-electron chi connectivity index (χ0n) is 19.7. The lowest BCUT2D eigenvalue weighted by Gasteiger charge is -2.16. The number of aryl methyl sites for hydroxylation is 1. The Hall–Kier alpha value is -3.23. The number of rotatable bonds is 8. The maximum Gasteiger partial charge on any atom is 0.360 e. The number of amides is 1. The third kappa shape index (κ3) is 4.98. The molecule has 9 heteroatoms. The Labute approximate surface area is 202 Å². The summed E-state index contributed by atoms with van der Waals surface area (Å²) in [6, 6.07) is 8.26. The molecule has 2 heterocycles. The van der Waals surface area contributed by atoms with Gasteiger partial charge in [-0.25, -0.2) is 4.79 Å². The van der Waals surface area contributed by atoms with E-state index in [0.717, 1.165) is 24.2 Å². The summed E-state index contributed by atoms with van der Waals surface area (Å²) in [6.45, 7) is 3.21. The largest absolute Gasteiger partial charge is 0.493 e. The summed E-state index contributed by atoms with van der Waals surface area (Å²) in [5.41, 5.74) is 2.30. The minimum Gasteiger partial charge on any atom is -0.493 e. The molecule has 3 aromatic rings. The number of nitrogens with one attached hydrogen (secondary N) is 2. The highest BCUT2D eigenvalue weighted by molar-refractivity contribution is 6.30. The standard InChI is InChI=1S/C25H28ClN3O5/c1-14-22-16(13-21(32-4)23(14)33-9-5-8-29(2)3)12-20(25(31)34-22)28-24(30)19-11-15-10-17(26)6-7-18(15)27-19/h6-7,10,12-13,19,27H,5,8-9,11H2,1-4H3,(H,28,30). The molecule has 0 bridgehead atoms. The predicted octanol–water partition coefficient (Wildman–Crippen LogP) is 4.07. The van der Waals surface area contributed by atoms with Crippen LogP contribution in [-0.2, 0) is 11.2 Å². The van der Waals surface area contributed by atoms with Crippen molar-refractivity contribution in [2.45, 2.75) is 25.8 Å². The summed E-state index contributed by atoms with van der Waals surface area (Å²) < 4.78 is 17.1. The van der Waals surface area contributed by atoms with Gasteiger partial charge in [-0.1, -0.05) is 11.6 Å². The minimum absolute atomic E-state index is 0.0643. The number of carbonyl (C=O) groups is 1. The van der Waals surface area contributed by atoms with E-state index in [1.165, 1.54) is 0 Å². The quantitative estimate of drug-likeness (QED) is 0.367. The number of halogens is 1. The molecule has 1 unspecified atom stereocenters. The lowest BCUT2D eigenvalue weighted by Crippen LogP contribution is -2.34. The Balaban J connectivity index is 1.55. The van der Waals surface area contributed by atoms with Crippen LogP contribution in [0.2, 0.25) is 5.02 Å². The highest BCUT2D eigenvalue weighted by Gasteiger charge is 2.28. The van der Waals surface area contributed by atoms with Crippen LogP contribution in [0.3, 0.4) is 0 Å². The molecule has 1 atom stereocenters. The second kappa shape index (κ2) is 9.95. The molecule has 0 fully saturated rings. The van der Waals surface area contributed by atoms with Gasteiger partial charge in [0, 0.05) is 34.6 Å². The maximum absolute atomic E-state index is 12.9. The summed E-state index contributed by atoms with van der Waals surface area (Å²) in [4.78, 5) is 27.6. The van der Waals surface area contributed by atoms with Gasteiger partial charge in [0.25, 0.3) is 0 Å². The Bertz CT molecular complexity index is 1290. The predicted molar refractivity (Wildman–Crippen MR) is 134 cm³/mol. The first kappa shape index (κ1) is 23.9. The van der Waals surface area contributed by atoms with E-state index in [1.807, 2.05) is 33.2 Å². The topological polar surface area (TPSA) is 93.0 Å². The second-order valence-electron chi connectivity index (χ2n) is 8.60. The molecule has 0 aliphatic carbocycles. The van der Waals surface area contributed by atoms with Crippen molar-refractivity contribution in [1.29, 1.82) is 0 Å². The lowest BCUT2D eigenvalue weighted by molar-refractivity contribution is -0.116. The van der Waals surface area contributed by atoms with Crippen molar-refractivity contribution in [2.24, 2.45) is 0 Å².